The predicted octanol–water partition coefficient (Wildman–Crippen LogP) is 3.19. The van der Waals surface area contributed by atoms with Crippen molar-refractivity contribution >= 4 is 5.97 Å². The number of carboxylic acids is 1. The van der Waals surface area contributed by atoms with Crippen molar-refractivity contribution in [2.45, 2.75) is 39.2 Å². The van der Waals surface area contributed by atoms with Gasteiger partial charge in [-0.15, -0.1) is 0 Å². The summed E-state index contributed by atoms with van der Waals surface area (Å²) in [5, 5.41) is 12.1. The summed E-state index contributed by atoms with van der Waals surface area (Å²) in [5.41, 5.74) is 0.870. The van der Waals surface area contributed by atoms with Crippen LogP contribution in [0.4, 0.5) is 4.39 Å². The minimum atomic E-state index is -1.23. The summed E-state index contributed by atoms with van der Waals surface area (Å²) < 4.78 is 13.5. The van der Waals surface area contributed by atoms with E-state index in [0.29, 0.717) is 12.0 Å². The van der Waals surface area contributed by atoms with Crippen LogP contribution < -0.4 is 5.32 Å². The van der Waals surface area contributed by atoms with Gasteiger partial charge in [0.2, 0.25) is 0 Å². The molecule has 0 aliphatic heterocycles. The lowest BCUT2D eigenvalue weighted by molar-refractivity contribution is 0.0692. The van der Waals surface area contributed by atoms with Gasteiger partial charge in [-0.1, -0.05) is 25.8 Å². The molecule has 1 fully saturated rings. The van der Waals surface area contributed by atoms with Crippen LogP contribution in [-0.2, 0) is 6.54 Å². The van der Waals surface area contributed by atoms with Crippen molar-refractivity contribution in [3.8, 4) is 0 Å². The first-order chi connectivity index (χ1) is 9.00. The molecule has 104 valence electrons. The van der Waals surface area contributed by atoms with Crippen LogP contribution in [0.15, 0.2) is 18.2 Å². The average Bonchev–Trinajstić information content (AvgIpc) is 2.76. The first-order valence-corrected chi connectivity index (χ1v) is 6.73. The van der Waals surface area contributed by atoms with Crippen LogP contribution in [0.2, 0.25) is 0 Å². The van der Waals surface area contributed by atoms with E-state index in [1.54, 1.807) is 6.07 Å². The smallest absolute Gasteiger partial charge is 0.338 e. The topological polar surface area (TPSA) is 49.3 Å². The zero-order chi connectivity index (χ0) is 13.9. The zero-order valence-corrected chi connectivity index (χ0v) is 11.2. The minimum absolute atomic E-state index is 0.272. The highest BCUT2D eigenvalue weighted by Gasteiger charge is 2.27. The lowest BCUT2D eigenvalue weighted by Crippen LogP contribution is -2.29. The zero-order valence-electron chi connectivity index (χ0n) is 11.2. The van der Waals surface area contributed by atoms with Crippen LogP contribution in [0.5, 0.6) is 0 Å². The van der Waals surface area contributed by atoms with Crippen LogP contribution in [0, 0.1) is 11.2 Å². The van der Waals surface area contributed by atoms with Gasteiger partial charge in [0.1, 0.15) is 5.82 Å². The number of nitrogens with one attached hydrogen (secondary N) is 1. The van der Waals surface area contributed by atoms with Crippen molar-refractivity contribution in [3.05, 3.63) is 35.1 Å². The third-order valence-corrected chi connectivity index (χ3v) is 3.96. The van der Waals surface area contributed by atoms with Crippen molar-refractivity contribution in [3.63, 3.8) is 0 Å². The Labute approximate surface area is 112 Å². The Morgan fingerprint density at radius 2 is 2.11 bits per heavy atom. The highest BCUT2D eigenvalue weighted by atomic mass is 19.1. The van der Waals surface area contributed by atoms with E-state index in [4.69, 9.17) is 5.11 Å². The molecule has 1 saturated carbocycles. The Morgan fingerprint density at radius 1 is 1.42 bits per heavy atom. The van der Waals surface area contributed by atoms with Crippen LogP contribution in [-0.4, -0.2) is 17.6 Å². The van der Waals surface area contributed by atoms with Gasteiger partial charge < -0.3 is 10.4 Å². The summed E-state index contributed by atoms with van der Waals surface area (Å²) in [6.45, 7) is 3.78. The second-order valence-corrected chi connectivity index (χ2v) is 5.74. The summed E-state index contributed by atoms with van der Waals surface area (Å²) in [7, 11) is 0. The molecular formula is C15H20FNO2. The highest BCUT2D eigenvalue weighted by molar-refractivity contribution is 5.87. The quantitative estimate of drug-likeness (QED) is 0.859. The van der Waals surface area contributed by atoms with Crippen molar-refractivity contribution < 1.29 is 14.3 Å². The molecule has 2 rings (SSSR count). The summed E-state index contributed by atoms with van der Waals surface area (Å²) in [6, 6.07) is 4.29. The Morgan fingerprint density at radius 3 is 2.68 bits per heavy atom. The second-order valence-electron chi connectivity index (χ2n) is 5.74. The van der Waals surface area contributed by atoms with E-state index in [1.807, 2.05) is 0 Å². The van der Waals surface area contributed by atoms with Gasteiger partial charge in [-0.3, -0.25) is 0 Å². The highest BCUT2D eigenvalue weighted by Crippen LogP contribution is 2.36. The third kappa shape index (κ3) is 3.53. The normalized spacial score (nSPS) is 17.6. The fraction of sp³-hybridized carbons (Fsp3) is 0.533. The van der Waals surface area contributed by atoms with Crippen LogP contribution in [0.1, 0.15) is 48.5 Å². The maximum Gasteiger partial charge on any atom is 0.338 e. The van der Waals surface area contributed by atoms with E-state index in [2.05, 4.69) is 12.2 Å². The van der Waals surface area contributed by atoms with Gasteiger partial charge in [-0.05, 0) is 36.0 Å². The van der Waals surface area contributed by atoms with Gasteiger partial charge in [0, 0.05) is 13.1 Å². The summed E-state index contributed by atoms with van der Waals surface area (Å²) in [5.74, 6) is -1.89. The number of carbonyl (C=O) groups is 1. The molecule has 0 aromatic heterocycles. The molecule has 0 bridgehead atoms. The van der Waals surface area contributed by atoms with Crippen LogP contribution in [0.25, 0.3) is 0 Å². The molecule has 0 spiro atoms. The fourth-order valence-corrected chi connectivity index (χ4v) is 2.76. The average molecular weight is 265 g/mol. The van der Waals surface area contributed by atoms with Crippen molar-refractivity contribution in [2.24, 2.45) is 5.41 Å². The van der Waals surface area contributed by atoms with Gasteiger partial charge in [0.05, 0.1) is 5.56 Å². The Balaban J connectivity index is 1.89. The lowest BCUT2D eigenvalue weighted by Gasteiger charge is -2.23. The Hall–Kier alpha value is -1.42. The number of hydrogen-bond acceptors (Lipinski definition) is 2. The molecule has 1 aromatic carbocycles. The molecule has 0 saturated heterocycles. The number of benzene rings is 1. The molecule has 0 amide bonds. The number of halogens is 1. The van der Waals surface area contributed by atoms with E-state index in [0.717, 1.165) is 12.1 Å². The largest absolute Gasteiger partial charge is 0.478 e. The van der Waals surface area contributed by atoms with Crippen molar-refractivity contribution in [1.82, 2.24) is 5.32 Å². The molecule has 3 nitrogen and oxygen atoms in total. The van der Waals surface area contributed by atoms with E-state index in [9.17, 15) is 9.18 Å². The monoisotopic (exact) mass is 265 g/mol. The molecule has 2 N–H and O–H groups in total. The number of carboxylic acid groups (broad SMARTS) is 1. The Bertz CT molecular complexity index is 467. The summed E-state index contributed by atoms with van der Waals surface area (Å²) in [4.78, 5) is 10.7. The Kier molecular flexibility index (Phi) is 4.20. The second kappa shape index (κ2) is 5.70. The van der Waals surface area contributed by atoms with Crippen LogP contribution in [0.3, 0.4) is 0 Å². The molecule has 0 heterocycles. The van der Waals surface area contributed by atoms with Crippen LogP contribution >= 0.6 is 0 Å². The number of hydrogen-bond donors (Lipinski definition) is 2. The fourth-order valence-electron chi connectivity index (χ4n) is 2.76. The number of rotatable bonds is 5. The standard InChI is InChI=1S/C15H20FNO2/c1-15(6-2-3-7-15)10-17-9-11-4-5-12(14(18)19)13(16)8-11/h4-5,8,17H,2-3,6-7,9-10H2,1H3,(H,18,19). The molecule has 1 aliphatic rings. The summed E-state index contributed by atoms with van der Waals surface area (Å²) >= 11 is 0. The van der Waals surface area contributed by atoms with Gasteiger partial charge in [0.25, 0.3) is 0 Å². The molecule has 4 heteroatoms. The lowest BCUT2D eigenvalue weighted by atomic mass is 9.89. The molecular weight excluding hydrogens is 245 g/mol. The van der Waals surface area contributed by atoms with Gasteiger partial charge in [-0.2, -0.15) is 0 Å². The van der Waals surface area contributed by atoms with E-state index >= 15 is 0 Å². The van der Waals surface area contributed by atoms with Crippen molar-refractivity contribution in [1.29, 1.82) is 0 Å². The van der Waals surface area contributed by atoms with E-state index in [-0.39, 0.29) is 5.56 Å². The summed E-state index contributed by atoms with van der Waals surface area (Å²) in [6.07, 6.45) is 5.07. The van der Waals surface area contributed by atoms with Gasteiger partial charge in [0.15, 0.2) is 0 Å². The SMILES string of the molecule is CC1(CNCc2ccc(C(=O)O)c(F)c2)CCCC1. The molecule has 0 atom stereocenters. The number of aromatic carboxylic acids is 1. The molecule has 1 aromatic rings. The molecule has 0 unspecified atom stereocenters. The molecule has 19 heavy (non-hydrogen) atoms. The maximum atomic E-state index is 13.5. The van der Waals surface area contributed by atoms with Gasteiger partial charge >= 0.3 is 5.97 Å². The predicted molar refractivity (Wildman–Crippen MR) is 71.6 cm³/mol. The first kappa shape index (κ1) is 14.0. The van der Waals surface area contributed by atoms with E-state index in [1.165, 1.54) is 37.8 Å². The molecule has 1 aliphatic carbocycles. The van der Waals surface area contributed by atoms with Gasteiger partial charge in [-0.25, -0.2) is 9.18 Å². The third-order valence-electron chi connectivity index (χ3n) is 3.96. The minimum Gasteiger partial charge on any atom is -0.478 e. The van der Waals surface area contributed by atoms with Crippen molar-refractivity contribution in [2.75, 3.05) is 6.54 Å². The molecule has 0 radical (unpaired) electrons. The first-order valence-electron chi connectivity index (χ1n) is 6.73. The maximum absolute atomic E-state index is 13.5. The van der Waals surface area contributed by atoms with E-state index < -0.39 is 11.8 Å².